The molecular formula is C8H6F6N2O2. The molecule has 0 fully saturated rings. The summed E-state index contributed by atoms with van der Waals surface area (Å²) in [5.74, 6) is -1.41. The largest absolute Gasteiger partial charge is 0.574 e. The third kappa shape index (κ3) is 3.15. The normalized spacial score (nSPS) is 12.6. The zero-order chi connectivity index (χ0) is 14.1. The molecule has 1 aromatic heterocycles. The van der Waals surface area contributed by atoms with Crippen LogP contribution in [-0.4, -0.2) is 16.5 Å². The van der Waals surface area contributed by atoms with Crippen LogP contribution in [0, 0.1) is 0 Å². The lowest BCUT2D eigenvalue weighted by Crippen LogP contribution is -2.21. The van der Waals surface area contributed by atoms with Crippen LogP contribution < -0.4 is 10.5 Å². The average molecular weight is 276 g/mol. The number of anilines is 1. The summed E-state index contributed by atoms with van der Waals surface area (Å²) in [6, 6.07) is 0. The van der Waals surface area contributed by atoms with Crippen molar-refractivity contribution in [2.24, 2.45) is 0 Å². The fourth-order valence-corrected chi connectivity index (χ4v) is 1.20. The van der Waals surface area contributed by atoms with Gasteiger partial charge >= 0.3 is 12.5 Å². The fraction of sp³-hybridized carbons (Fsp3) is 0.375. The third-order valence-electron chi connectivity index (χ3n) is 1.82. The molecule has 0 spiro atoms. The molecule has 0 saturated carbocycles. The molecule has 0 aromatic carbocycles. The Labute approximate surface area is 96.0 Å². The van der Waals surface area contributed by atoms with E-state index in [-0.39, 0.29) is 0 Å². The number of aromatic nitrogens is 1. The quantitative estimate of drug-likeness (QED) is 0.811. The topological polar surface area (TPSA) is 68.4 Å². The molecule has 0 radical (unpaired) electrons. The number of halogens is 6. The van der Waals surface area contributed by atoms with Gasteiger partial charge in [0.25, 0.3) is 0 Å². The first-order valence-electron chi connectivity index (χ1n) is 4.27. The second-order valence-electron chi connectivity index (χ2n) is 3.08. The number of hydrogen-bond acceptors (Lipinski definition) is 4. The lowest BCUT2D eigenvalue weighted by molar-refractivity contribution is -0.276. The van der Waals surface area contributed by atoms with E-state index in [9.17, 15) is 26.3 Å². The summed E-state index contributed by atoms with van der Waals surface area (Å²) >= 11 is 0. The Balaban J connectivity index is 3.35. The van der Waals surface area contributed by atoms with Crippen LogP contribution >= 0.6 is 0 Å². The molecule has 0 aliphatic rings. The number of aliphatic hydroxyl groups is 1. The highest BCUT2D eigenvalue weighted by molar-refractivity contribution is 5.58. The van der Waals surface area contributed by atoms with Crippen molar-refractivity contribution in [3.8, 4) is 5.88 Å². The Morgan fingerprint density at radius 1 is 1.22 bits per heavy atom. The van der Waals surface area contributed by atoms with Crippen molar-refractivity contribution in [2.45, 2.75) is 19.1 Å². The summed E-state index contributed by atoms with van der Waals surface area (Å²) in [5.41, 5.74) is 1.27. The predicted octanol–water partition coefficient (Wildman–Crippen LogP) is 2.07. The molecule has 0 bridgehead atoms. The predicted molar refractivity (Wildman–Crippen MR) is 46.3 cm³/mol. The molecule has 0 aliphatic carbocycles. The Morgan fingerprint density at radius 3 is 2.17 bits per heavy atom. The van der Waals surface area contributed by atoms with Gasteiger partial charge in [-0.2, -0.15) is 13.2 Å². The average Bonchev–Trinajstić information content (AvgIpc) is 2.16. The number of ether oxygens (including phenoxy) is 1. The van der Waals surface area contributed by atoms with Crippen LogP contribution in [0.15, 0.2) is 6.20 Å². The van der Waals surface area contributed by atoms with Crippen LogP contribution in [0.25, 0.3) is 0 Å². The summed E-state index contributed by atoms with van der Waals surface area (Å²) in [6.07, 6.45) is -9.83. The Morgan fingerprint density at radius 2 is 1.78 bits per heavy atom. The van der Waals surface area contributed by atoms with Crippen molar-refractivity contribution in [1.82, 2.24) is 4.98 Å². The lowest BCUT2D eigenvalue weighted by atomic mass is 10.1. The van der Waals surface area contributed by atoms with Gasteiger partial charge in [0.1, 0.15) is 5.69 Å². The number of alkyl halides is 6. The van der Waals surface area contributed by atoms with Crippen molar-refractivity contribution in [2.75, 3.05) is 5.73 Å². The van der Waals surface area contributed by atoms with Gasteiger partial charge in [0.15, 0.2) is 0 Å². The maximum Gasteiger partial charge on any atom is 0.574 e. The number of pyridine rings is 1. The summed E-state index contributed by atoms with van der Waals surface area (Å²) in [4.78, 5) is 2.98. The van der Waals surface area contributed by atoms with E-state index in [1.54, 1.807) is 0 Å². The van der Waals surface area contributed by atoms with E-state index >= 15 is 0 Å². The third-order valence-corrected chi connectivity index (χ3v) is 1.82. The SMILES string of the molecule is Nc1c(OC(F)(F)F)ncc(CO)c1C(F)(F)F. The highest BCUT2D eigenvalue weighted by atomic mass is 19.4. The van der Waals surface area contributed by atoms with Crippen molar-refractivity contribution < 1.29 is 36.2 Å². The van der Waals surface area contributed by atoms with Gasteiger partial charge < -0.3 is 15.6 Å². The van der Waals surface area contributed by atoms with Gasteiger partial charge in [-0.1, -0.05) is 0 Å². The zero-order valence-corrected chi connectivity index (χ0v) is 8.43. The molecule has 0 atom stereocenters. The minimum atomic E-state index is -5.22. The second-order valence-corrected chi connectivity index (χ2v) is 3.08. The maximum absolute atomic E-state index is 12.6. The Kier molecular flexibility index (Phi) is 3.60. The van der Waals surface area contributed by atoms with Gasteiger partial charge in [0, 0.05) is 11.8 Å². The molecule has 1 rings (SSSR count). The summed E-state index contributed by atoms with van der Waals surface area (Å²) in [6.45, 7) is -1.07. The van der Waals surface area contributed by atoms with Crippen molar-refractivity contribution in [3.05, 3.63) is 17.3 Å². The molecule has 0 amide bonds. The van der Waals surface area contributed by atoms with Gasteiger partial charge in [0.2, 0.25) is 5.88 Å². The molecule has 1 aromatic rings. The van der Waals surface area contributed by atoms with Gasteiger partial charge in [-0.05, 0) is 0 Å². The molecule has 3 N–H and O–H groups in total. The van der Waals surface area contributed by atoms with E-state index in [4.69, 9.17) is 10.8 Å². The Hall–Kier alpha value is -1.71. The van der Waals surface area contributed by atoms with E-state index in [1.165, 1.54) is 0 Å². The van der Waals surface area contributed by atoms with E-state index in [0.29, 0.717) is 6.20 Å². The first-order valence-corrected chi connectivity index (χ1v) is 4.27. The van der Waals surface area contributed by atoms with Gasteiger partial charge in [-0.25, -0.2) is 4.98 Å². The van der Waals surface area contributed by atoms with Crippen LogP contribution in [0.5, 0.6) is 5.88 Å². The molecular weight excluding hydrogens is 270 g/mol. The summed E-state index contributed by atoms with van der Waals surface area (Å²) in [7, 11) is 0. The van der Waals surface area contributed by atoms with Gasteiger partial charge in [0.05, 0.1) is 12.2 Å². The number of aliphatic hydroxyl groups excluding tert-OH is 1. The van der Waals surface area contributed by atoms with E-state index in [1.807, 2.05) is 0 Å². The summed E-state index contributed by atoms with van der Waals surface area (Å²) in [5, 5.41) is 8.67. The molecule has 18 heavy (non-hydrogen) atoms. The van der Waals surface area contributed by atoms with E-state index in [2.05, 4.69) is 9.72 Å². The standard InChI is InChI=1S/C8H6F6N2O2/c9-7(10,11)4-3(2-17)1-16-6(5(4)15)18-8(12,13)14/h1,17H,2,15H2. The lowest BCUT2D eigenvalue weighted by Gasteiger charge is -2.17. The minimum Gasteiger partial charge on any atom is -0.394 e. The second kappa shape index (κ2) is 4.52. The minimum absolute atomic E-state index is 0.417. The zero-order valence-electron chi connectivity index (χ0n) is 8.43. The summed E-state index contributed by atoms with van der Waals surface area (Å²) < 4.78 is 76.6. The van der Waals surface area contributed by atoms with Crippen LogP contribution in [-0.2, 0) is 12.8 Å². The number of nitrogen functional groups attached to an aromatic ring is 1. The van der Waals surface area contributed by atoms with Crippen LogP contribution in [0.3, 0.4) is 0 Å². The van der Waals surface area contributed by atoms with Crippen molar-refractivity contribution in [3.63, 3.8) is 0 Å². The molecule has 0 saturated heterocycles. The van der Waals surface area contributed by atoms with Crippen LogP contribution in [0.2, 0.25) is 0 Å². The first kappa shape index (κ1) is 14.4. The number of nitrogens with two attached hydrogens (primary N) is 1. The number of nitrogens with zero attached hydrogens (tertiary/aromatic N) is 1. The molecule has 10 heteroatoms. The van der Waals surface area contributed by atoms with E-state index in [0.717, 1.165) is 0 Å². The van der Waals surface area contributed by atoms with Gasteiger partial charge in [-0.15, -0.1) is 13.2 Å². The highest BCUT2D eigenvalue weighted by Crippen LogP contribution is 2.40. The van der Waals surface area contributed by atoms with Crippen molar-refractivity contribution >= 4 is 5.69 Å². The van der Waals surface area contributed by atoms with Gasteiger partial charge in [-0.3, -0.25) is 0 Å². The number of rotatable bonds is 2. The monoisotopic (exact) mass is 276 g/mol. The van der Waals surface area contributed by atoms with E-state index < -0.39 is 41.8 Å². The fourth-order valence-electron chi connectivity index (χ4n) is 1.20. The molecule has 4 nitrogen and oxygen atoms in total. The Bertz CT molecular complexity index is 442. The molecule has 0 aliphatic heterocycles. The molecule has 0 unspecified atom stereocenters. The maximum atomic E-state index is 12.6. The molecule has 102 valence electrons. The first-order chi connectivity index (χ1) is 8.06. The number of hydrogen-bond donors (Lipinski definition) is 2. The van der Waals surface area contributed by atoms with Crippen molar-refractivity contribution in [1.29, 1.82) is 0 Å². The smallest absolute Gasteiger partial charge is 0.394 e. The van der Waals surface area contributed by atoms with Crippen LogP contribution in [0.4, 0.5) is 32.0 Å². The van der Waals surface area contributed by atoms with Crippen LogP contribution in [0.1, 0.15) is 11.1 Å². The highest BCUT2D eigenvalue weighted by Gasteiger charge is 2.40. The molecule has 1 heterocycles.